The second-order valence-electron chi connectivity index (χ2n) is 6.37. The molecule has 1 amide bonds. The van der Waals surface area contributed by atoms with Crippen LogP contribution in [0.15, 0.2) is 60.0 Å². The lowest BCUT2D eigenvalue weighted by Gasteiger charge is -2.18. The van der Waals surface area contributed by atoms with Crippen LogP contribution in [-0.2, 0) is 11.0 Å². The molecule has 0 N–H and O–H groups in total. The summed E-state index contributed by atoms with van der Waals surface area (Å²) >= 11 is 3.42. The summed E-state index contributed by atoms with van der Waals surface area (Å²) in [4.78, 5) is 21.3. The minimum atomic E-state index is -4.45. The molecule has 5 nitrogen and oxygen atoms in total. The van der Waals surface area contributed by atoms with E-state index in [1.165, 1.54) is 12.1 Å². The molecule has 0 fully saturated rings. The molecule has 4 rings (SSSR count). The van der Waals surface area contributed by atoms with Crippen LogP contribution in [-0.4, -0.2) is 25.9 Å². The van der Waals surface area contributed by atoms with Crippen molar-refractivity contribution < 1.29 is 18.0 Å². The van der Waals surface area contributed by atoms with Crippen molar-refractivity contribution in [2.24, 2.45) is 5.10 Å². The Morgan fingerprint density at radius 2 is 1.64 bits per heavy atom. The SMILES string of the molecule is CC1(Br)C(=O)N(c2ccc(C(F)(F)F)cc2)N=C1c1ccc2nccnc2c1. The lowest BCUT2D eigenvalue weighted by molar-refractivity contribution is -0.137. The number of fused-ring (bicyclic) bond motifs is 1. The normalized spacial score (nSPS) is 20.0. The van der Waals surface area contributed by atoms with Crippen molar-refractivity contribution >= 4 is 44.3 Å². The van der Waals surface area contributed by atoms with Gasteiger partial charge in [0.25, 0.3) is 5.91 Å². The fourth-order valence-electron chi connectivity index (χ4n) is 2.95. The van der Waals surface area contributed by atoms with Gasteiger partial charge in [-0.05, 0) is 43.3 Å². The number of amides is 1. The minimum Gasteiger partial charge on any atom is -0.270 e. The highest BCUT2D eigenvalue weighted by Crippen LogP contribution is 2.37. The molecule has 0 bridgehead atoms. The van der Waals surface area contributed by atoms with Gasteiger partial charge in [0.15, 0.2) is 0 Å². The van der Waals surface area contributed by atoms with Gasteiger partial charge in [-0.15, -0.1) is 0 Å². The molecule has 0 spiro atoms. The molecule has 0 saturated carbocycles. The number of aromatic nitrogens is 2. The summed E-state index contributed by atoms with van der Waals surface area (Å²) < 4.78 is 37.2. The lowest BCUT2D eigenvalue weighted by Crippen LogP contribution is -2.38. The van der Waals surface area contributed by atoms with Crippen LogP contribution in [0.25, 0.3) is 11.0 Å². The second-order valence-corrected chi connectivity index (χ2v) is 7.96. The van der Waals surface area contributed by atoms with E-state index in [1.807, 2.05) is 0 Å². The van der Waals surface area contributed by atoms with Gasteiger partial charge in [0.1, 0.15) is 4.32 Å². The van der Waals surface area contributed by atoms with E-state index in [1.54, 1.807) is 37.5 Å². The smallest absolute Gasteiger partial charge is 0.270 e. The summed E-state index contributed by atoms with van der Waals surface area (Å²) in [7, 11) is 0. The average molecular weight is 449 g/mol. The number of hydrogen-bond acceptors (Lipinski definition) is 4. The lowest BCUT2D eigenvalue weighted by atomic mass is 9.98. The third-order valence-corrected chi connectivity index (χ3v) is 5.14. The Labute approximate surface area is 166 Å². The van der Waals surface area contributed by atoms with Crippen LogP contribution in [0, 0.1) is 0 Å². The first-order valence-electron chi connectivity index (χ1n) is 8.19. The molecule has 1 aliphatic rings. The van der Waals surface area contributed by atoms with Crippen molar-refractivity contribution in [3.8, 4) is 0 Å². The van der Waals surface area contributed by atoms with Gasteiger partial charge in [0.05, 0.1) is 28.0 Å². The summed E-state index contributed by atoms with van der Waals surface area (Å²) in [6.45, 7) is 1.65. The van der Waals surface area contributed by atoms with E-state index in [9.17, 15) is 18.0 Å². The fourth-order valence-corrected chi connectivity index (χ4v) is 3.42. The van der Waals surface area contributed by atoms with Crippen LogP contribution in [0.4, 0.5) is 18.9 Å². The van der Waals surface area contributed by atoms with E-state index in [4.69, 9.17) is 0 Å². The Balaban J connectivity index is 1.75. The van der Waals surface area contributed by atoms with Crippen LogP contribution in [0.2, 0.25) is 0 Å². The molecule has 1 aromatic heterocycles. The van der Waals surface area contributed by atoms with Crippen molar-refractivity contribution in [2.45, 2.75) is 17.4 Å². The zero-order valence-electron chi connectivity index (χ0n) is 14.4. The molecule has 1 atom stereocenters. The minimum absolute atomic E-state index is 0.249. The molecule has 1 unspecified atom stereocenters. The van der Waals surface area contributed by atoms with Gasteiger partial charge >= 0.3 is 6.18 Å². The van der Waals surface area contributed by atoms with Crippen LogP contribution in [0.5, 0.6) is 0 Å². The van der Waals surface area contributed by atoms with Gasteiger partial charge in [-0.2, -0.15) is 23.3 Å². The molecule has 3 aromatic rings. The maximum atomic E-state index is 12.9. The fraction of sp³-hybridized carbons (Fsp3) is 0.158. The van der Waals surface area contributed by atoms with Gasteiger partial charge in [-0.3, -0.25) is 14.8 Å². The van der Waals surface area contributed by atoms with Crippen molar-refractivity contribution in [1.82, 2.24) is 9.97 Å². The summed E-state index contributed by atoms with van der Waals surface area (Å²) in [6.07, 6.45) is -1.30. The largest absolute Gasteiger partial charge is 0.416 e. The van der Waals surface area contributed by atoms with E-state index in [0.717, 1.165) is 17.1 Å². The zero-order valence-corrected chi connectivity index (χ0v) is 16.0. The van der Waals surface area contributed by atoms with Crippen molar-refractivity contribution in [3.05, 3.63) is 66.0 Å². The molecule has 0 radical (unpaired) electrons. The third-order valence-electron chi connectivity index (χ3n) is 4.42. The Morgan fingerprint density at radius 1 is 1.00 bits per heavy atom. The monoisotopic (exact) mass is 448 g/mol. The van der Waals surface area contributed by atoms with E-state index in [2.05, 4.69) is 31.0 Å². The molecular weight excluding hydrogens is 437 g/mol. The van der Waals surface area contributed by atoms with Gasteiger partial charge in [-0.1, -0.05) is 22.0 Å². The predicted octanol–water partition coefficient (Wildman–Crippen LogP) is 4.55. The number of halogens is 4. The quantitative estimate of drug-likeness (QED) is 0.540. The molecule has 2 heterocycles. The van der Waals surface area contributed by atoms with Gasteiger partial charge < -0.3 is 0 Å². The van der Waals surface area contributed by atoms with Crippen molar-refractivity contribution in [1.29, 1.82) is 0 Å². The maximum absolute atomic E-state index is 12.9. The zero-order chi connectivity index (χ0) is 20.1. The summed E-state index contributed by atoms with van der Waals surface area (Å²) in [5.41, 5.74) is 1.90. The molecule has 0 saturated heterocycles. The number of alkyl halides is 4. The Hall–Kier alpha value is -2.81. The number of carbonyl (C=O) groups is 1. The average Bonchev–Trinajstić information content (AvgIpc) is 2.90. The number of rotatable bonds is 2. The summed E-state index contributed by atoms with van der Waals surface area (Å²) in [5, 5.41) is 5.49. The summed E-state index contributed by atoms with van der Waals surface area (Å²) in [5.74, 6) is -0.401. The standard InChI is InChI=1S/C19H12BrF3N4O/c1-18(20)16(11-2-7-14-15(10-11)25-9-8-24-14)26-27(17(18)28)13-5-3-12(4-6-13)19(21,22)23/h2-10H,1H3. The highest BCUT2D eigenvalue weighted by atomic mass is 79.9. The molecule has 9 heteroatoms. The number of hydrazone groups is 1. The molecule has 28 heavy (non-hydrogen) atoms. The molecule has 2 aromatic carbocycles. The first-order valence-corrected chi connectivity index (χ1v) is 8.98. The maximum Gasteiger partial charge on any atom is 0.416 e. The summed E-state index contributed by atoms with van der Waals surface area (Å²) in [6, 6.07) is 9.61. The Kier molecular flexibility index (Phi) is 4.22. The highest BCUT2D eigenvalue weighted by Gasteiger charge is 2.46. The van der Waals surface area contributed by atoms with Crippen LogP contribution < -0.4 is 5.01 Å². The Bertz CT molecular complexity index is 1110. The van der Waals surface area contributed by atoms with Crippen molar-refractivity contribution in [2.75, 3.05) is 5.01 Å². The second kappa shape index (κ2) is 6.37. The van der Waals surface area contributed by atoms with Gasteiger partial charge in [0.2, 0.25) is 0 Å². The number of anilines is 1. The topological polar surface area (TPSA) is 58.5 Å². The van der Waals surface area contributed by atoms with Crippen LogP contribution in [0.3, 0.4) is 0 Å². The van der Waals surface area contributed by atoms with E-state index in [-0.39, 0.29) is 5.69 Å². The molecule has 142 valence electrons. The van der Waals surface area contributed by atoms with Crippen LogP contribution in [0.1, 0.15) is 18.1 Å². The van der Waals surface area contributed by atoms with Gasteiger partial charge in [0, 0.05) is 18.0 Å². The number of nitrogens with zero attached hydrogens (tertiary/aromatic N) is 4. The van der Waals surface area contributed by atoms with Gasteiger partial charge in [-0.25, -0.2) is 0 Å². The number of carbonyl (C=O) groups excluding carboxylic acids is 1. The molecular formula is C19H12BrF3N4O. The molecule has 1 aliphatic heterocycles. The number of benzene rings is 2. The van der Waals surface area contributed by atoms with E-state index in [0.29, 0.717) is 22.3 Å². The van der Waals surface area contributed by atoms with Crippen molar-refractivity contribution in [3.63, 3.8) is 0 Å². The first kappa shape index (κ1) is 18.5. The number of hydrogen-bond donors (Lipinski definition) is 0. The highest BCUT2D eigenvalue weighted by molar-refractivity contribution is 9.10. The first-order chi connectivity index (χ1) is 13.2. The predicted molar refractivity (Wildman–Crippen MR) is 102 cm³/mol. The third kappa shape index (κ3) is 3.05. The Morgan fingerprint density at radius 3 is 2.29 bits per heavy atom. The van der Waals surface area contributed by atoms with E-state index < -0.39 is 22.0 Å². The molecule has 0 aliphatic carbocycles. The van der Waals surface area contributed by atoms with Crippen LogP contribution >= 0.6 is 15.9 Å². The van der Waals surface area contributed by atoms with E-state index >= 15 is 0 Å².